The summed E-state index contributed by atoms with van der Waals surface area (Å²) in [4.78, 5) is 21.9. The van der Waals surface area contributed by atoms with Gasteiger partial charge >= 0.3 is 0 Å². The summed E-state index contributed by atoms with van der Waals surface area (Å²) >= 11 is 0. The summed E-state index contributed by atoms with van der Waals surface area (Å²) in [5, 5.41) is 2.96. The minimum absolute atomic E-state index is 0.0589. The Morgan fingerprint density at radius 1 is 1.65 bits per heavy atom. The van der Waals surface area contributed by atoms with Crippen molar-refractivity contribution in [2.45, 2.75) is 12.6 Å². The molecule has 0 saturated carbocycles. The van der Waals surface area contributed by atoms with Crippen molar-refractivity contribution in [1.29, 1.82) is 0 Å². The van der Waals surface area contributed by atoms with E-state index in [4.69, 9.17) is 4.74 Å². The summed E-state index contributed by atoms with van der Waals surface area (Å²) in [6.45, 7) is 2.09. The molecule has 6 nitrogen and oxygen atoms in total. The average molecular weight is 236 g/mol. The maximum absolute atomic E-state index is 12.1. The van der Waals surface area contributed by atoms with Crippen LogP contribution in [0.2, 0.25) is 0 Å². The van der Waals surface area contributed by atoms with E-state index < -0.39 is 0 Å². The number of nitrogens with one attached hydrogen (secondary N) is 1. The Kier molecular flexibility index (Phi) is 4.00. The first kappa shape index (κ1) is 11.9. The summed E-state index contributed by atoms with van der Waals surface area (Å²) < 4.78 is 5.38. The van der Waals surface area contributed by atoms with Gasteiger partial charge in [-0.2, -0.15) is 0 Å². The van der Waals surface area contributed by atoms with Crippen molar-refractivity contribution < 1.29 is 9.53 Å². The lowest BCUT2D eigenvalue weighted by Gasteiger charge is -2.22. The van der Waals surface area contributed by atoms with E-state index in [9.17, 15) is 4.79 Å². The summed E-state index contributed by atoms with van der Waals surface area (Å²) in [5.41, 5.74) is 0.838. The molecule has 1 aromatic rings. The zero-order valence-electron chi connectivity index (χ0n) is 9.80. The Morgan fingerprint density at radius 3 is 3.24 bits per heavy atom. The molecule has 0 aliphatic carbocycles. The smallest absolute Gasteiger partial charge is 0.242 e. The lowest BCUT2D eigenvalue weighted by molar-refractivity contribution is -0.133. The zero-order chi connectivity index (χ0) is 12.1. The molecule has 17 heavy (non-hydrogen) atoms. The summed E-state index contributed by atoms with van der Waals surface area (Å²) in [6.07, 6.45) is 3.17. The molecular formula is C11H16N4O2. The number of likely N-dealkylation sites (N-methyl/N-ethyl adjacent to an activating group) is 1. The highest BCUT2D eigenvalue weighted by molar-refractivity contribution is 5.82. The second-order valence-electron chi connectivity index (χ2n) is 3.88. The molecular weight excluding hydrogens is 220 g/mol. The molecule has 6 heteroatoms. The highest BCUT2D eigenvalue weighted by atomic mass is 16.5. The Morgan fingerprint density at radius 2 is 2.53 bits per heavy atom. The Bertz CT molecular complexity index is 371. The maximum Gasteiger partial charge on any atom is 0.242 e. The minimum Gasteiger partial charge on any atom is -0.377 e. The average Bonchev–Trinajstić information content (AvgIpc) is 2.54. The van der Waals surface area contributed by atoms with Gasteiger partial charge in [0.05, 0.1) is 25.5 Å². The van der Waals surface area contributed by atoms with Crippen LogP contribution in [0.25, 0.3) is 0 Å². The topological polar surface area (TPSA) is 67.3 Å². The Labute approximate surface area is 100 Å². The van der Waals surface area contributed by atoms with E-state index in [-0.39, 0.29) is 11.9 Å². The van der Waals surface area contributed by atoms with Crippen LogP contribution < -0.4 is 5.32 Å². The van der Waals surface area contributed by atoms with Gasteiger partial charge in [-0.25, -0.2) is 9.97 Å². The maximum atomic E-state index is 12.1. The number of hydrogen-bond donors (Lipinski definition) is 1. The van der Waals surface area contributed by atoms with Crippen molar-refractivity contribution in [2.24, 2.45) is 0 Å². The molecule has 0 aromatic carbocycles. The van der Waals surface area contributed by atoms with E-state index in [0.29, 0.717) is 26.3 Å². The largest absolute Gasteiger partial charge is 0.377 e. The second kappa shape index (κ2) is 5.70. The van der Waals surface area contributed by atoms with E-state index in [1.54, 1.807) is 18.1 Å². The van der Waals surface area contributed by atoms with E-state index in [1.807, 2.05) is 6.07 Å². The van der Waals surface area contributed by atoms with Crippen LogP contribution in [-0.2, 0) is 16.1 Å². The van der Waals surface area contributed by atoms with Gasteiger partial charge in [0.15, 0.2) is 0 Å². The van der Waals surface area contributed by atoms with Gasteiger partial charge < -0.3 is 15.0 Å². The molecule has 1 fully saturated rings. The summed E-state index contributed by atoms with van der Waals surface area (Å²) in [7, 11) is 1.76. The Hall–Kier alpha value is -1.53. The first-order valence-electron chi connectivity index (χ1n) is 5.60. The van der Waals surface area contributed by atoms with Crippen LogP contribution in [0.4, 0.5) is 0 Å². The fourth-order valence-electron chi connectivity index (χ4n) is 1.75. The molecule has 1 aliphatic heterocycles. The van der Waals surface area contributed by atoms with Gasteiger partial charge in [0, 0.05) is 12.7 Å². The van der Waals surface area contributed by atoms with Gasteiger partial charge in [0.25, 0.3) is 0 Å². The number of carbonyl (C=O) groups is 1. The number of aromatic nitrogens is 2. The molecule has 0 bridgehead atoms. The Balaban J connectivity index is 2.06. The molecule has 1 aliphatic rings. The molecule has 1 saturated heterocycles. The molecule has 1 atom stereocenters. The molecule has 92 valence electrons. The quantitative estimate of drug-likeness (QED) is 0.760. The van der Waals surface area contributed by atoms with Crippen LogP contribution in [0.1, 0.15) is 5.69 Å². The molecule has 2 heterocycles. The highest BCUT2D eigenvalue weighted by Gasteiger charge is 2.26. The normalized spacial score (nSPS) is 21.4. The molecule has 0 spiro atoms. The number of amides is 1. The predicted molar refractivity (Wildman–Crippen MR) is 61.1 cm³/mol. The lowest BCUT2D eigenvalue weighted by Crippen LogP contribution is -2.45. The van der Waals surface area contributed by atoms with Crippen LogP contribution in [0.15, 0.2) is 18.6 Å². The fourth-order valence-corrected chi connectivity index (χ4v) is 1.75. The van der Waals surface area contributed by atoms with Crippen molar-refractivity contribution in [3.63, 3.8) is 0 Å². The van der Waals surface area contributed by atoms with Gasteiger partial charge in [-0.1, -0.05) is 0 Å². The first-order valence-corrected chi connectivity index (χ1v) is 5.60. The molecule has 0 radical (unpaired) electrons. The fraction of sp³-hybridized carbons (Fsp3) is 0.545. The van der Waals surface area contributed by atoms with Crippen LogP contribution in [0, 0.1) is 0 Å². The number of carbonyl (C=O) groups excluding carboxylic acids is 1. The van der Waals surface area contributed by atoms with Gasteiger partial charge in [0.2, 0.25) is 5.91 Å². The molecule has 1 N–H and O–H groups in total. The first-order chi connectivity index (χ1) is 8.31. The second-order valence-corrected chi connectivity index (χ2v) is 3.88. The summed E-state index contributed by atoms with van der Waals surface area (Å²) in [6, 6.07) is 1.55. The number of ether oxygens (including phenoxy) is 1. The van der Waals surface area contributed by atoms with Gasteiger partial charge in [0.1, 0.15) is 12.4 Å². The third-order valence-electron chi connectivity index (χ3n) is 2.74. The zero-order valence-corrected chi connectivity index (χ0v) is 9.80. The van der Waals surface area contributed by atoms with Crippen molar-refractivity contribution in [2.75, 3.05) is 26.8 Å². The number of nitrogens with zero attached hydrogens (tertiary/aromatic N) is 3. The third kappa shape index (κ3) is 2.98. The van der Waals surface area contributed by atoms with Gasteiger partial charge in [-0.05, 0) is 13.1 Å². The lowest BCUT2D eigenvalue weighted by atomic mass is 10.2. The third-order valence-corrected chi connectivity index (χ3v) is 2.74. The van der Waals surface area contributed by atoms with E-state index in [2.05, 4.69) is 15.3 Å². The van der Waals surface area contributed by atoms with Crippen molar-refractivity contribution in [3.8, 4) is 0 Å². The number of hydrogen-bond acceptors (Lipinski definition) is 5. The molecule has 1 unspecified atom stereocenters. The van der Waals surface area contributed by atoms with Gasteiger partial charge in [-0.3, -0.25) is 4.79 Å². The standard InChI is InChI=1S/C11H16N4O2/c1-12-10-7-17-5-4-15(11(10)16)6-9-2-3-13-8-14-9/h2-3,8,10,12H,4-7H2,1H3. The van der Waals surface area contributed by atoms with Crippen molar-refractivity contribution in [1.82, 2.24) is 20.2 Å². The van der Waals surface area contributed by atoms with Crippen molar-refractivity contribution in [3.05, 3.63) is 24.3 Å². The predicted octanol–water partition coefficient (Wildman–Crippen LogP) is -0.577. The SMILES string of the molecule is CNC1COCCN(Cc2ccncn2)C1=O. The van der Waals surface area contributed by atoms with E-state index >= 15 is 0 Å². The van der Waals surface area contributed by atoms with Crippen molar-refractivity contribution >= 4 is 5.91 Å². The monoisotopic (exact) mass is 236 g/mol. The van der Waals surface area contributed by atoms with E-state index in [0.717, 1.165) is 5.69 Å². The molecule has 2 rings (SSSR count). The van der Waals surface area contributed by atoms with E-state index in [1.165, 1.54) is 6.33 Å². The van der Waals surface area contributed by atoms with Crippen LogP contribution in [-0.4, -0.2) is 53.6 Å². The van der Waals surface area contributed by atoms with Crippen LogP contribution in [0.5, 0.6) is 0 Å². The van der Waals surface area contributed by atoms with Crippen LogP contribution in [0.3, 0.4) is 0 Å². The van der Waals surface area contributed by atoms with Gasteiger partial charge in [-0.15, -0.1) is 0 Å². The van der Waals surface area contributed by atoms with Crippen LogP contribution >= 0.6 is 0 Å². The number of rotatable bonds is 3. The minimum atomic E-state index is -0.265. The molecule has 1 aromatic heterocycles. The highest BCUT2D eigenvalue weighted by Crippen LogP contribution is 2.06. The summed E-state index contributed by atoms with van der Waals surface area (Å²) in [5.74, 6) is 0.0589. The molecule has 1 amide bonds.